The normalized spacial score (nSPS) is 13.6. The number of hydrogen-bond acceptors (Lipinski definition) is 3. The smallest absolute Gasteiger partial charge is 0.258 e. The van der Waals surface area contributed by atoms with Gasteiger partial charge in [-0.25, -0.2) is 0 Å². The number of aryl methyl sites for hydroxylation is 1. The van der Waals surface area contributed by atoms with E-state index >= 15 is 0 Å². The fourth-order valence-corrected chi connectivity index (χ4v) is 4.06. The summed E-state index contributed by atoms with van der Waals surface area (Å²) < 4.78 is 0. The van der Waals surface area contributed by atoms with Gasteiger partial charge in [0.05, 0.1) is 4.88 Å². The lowest BCUT2D eigenvalue weighted by atomic mass is 10.1. The fourth-order valence-electron chi connectivity index (χ4n) is 2.92. The molecule has 0 radical (unpaired) electrons. The molecule has 2 N–H and O–H groups in total. The molecule has 0 spiro atoms. The van der Waals surface area contributed by atoms with Crippen molar-refractivity contribution < 1.29 is 9.59 Å². The summed E-state index contributed by atoms with van der Waals surface area (Å²) in [5.74, 6) is -0.225. The van der Waals surface area contributed by atoms with E-state index in [9.17, 15) is 9.59 Å². The van der Waals surface area contributed by atoms with Gasteiger partial charge in [-0.2, -0.15) is 0 Å². The van der Waals surface area contributed by atoms with Crippen molar-refractivity contribution in [3.8, 4) is 0 Å². The first-order valence-electron chi connectivity index (χ1n) is 7.96. The Morgan fingerprint density at radius 1 is 1.25 bits per heavy atom. The maximum atomic E-state index is 12.4. The van der Waals surface area contributed by atoms with Crippen LogP contribution < -0.4 is 5.73 Å². The molecule has 3 rings (SSSR count). The highest BCUT2D eigenvalue weighted by Gasteiger charge is 2.23. The average Bonchev–Trinajstić information content (AvgIpc) is 3.00. The SMILES string of the molecule is NC(=O)c1cc2c(s1)CCN(C(=O)CCCc1ccc(Cl)cc1)C2. The third-order valence-electron chi connectivity index (χ3n) is 4.23. The summed E-state index contributed by atoms with van der Waals surface area (Å²) in [6, 6.07) is 9.57. The molecule has 1 aromatic heterocycles. The lowest BCUT2D eigenvalue weighted by Crippen LogP contribution is -2.35. The number of carbonyl (C=O) groups excluding carboxylic acids is 2. The van der Waals surface area contributed by atoms with Gasteiger partial charge < -0.3 is 10.6 Å². The van der Waals surface area contributed by atoms with E-state index in [0.717, 1.165) is 29.8 Å². The number of hydrogen-bond donors (Lipinski definition) is 1. The van der Waals surface area contributed by atoms with Crippen LogP contribution in [0.25, 0.3) is 0 Å². The number of thiophene rings is 1. The van der Waals surface area contributed by atoms with Crippen LogP contribution >= 0.6 is 22.9 Å². The molecule has 1 aliphatic rings. The van der Waals surface area contributed by atoms with Gasteiger partial charge in [-0.1, -0.05) is 23.7 Å². The third kappa shape index (κ3) is 3.97. The van der Waals surface area contributed by atoms with E-state index in [0.29, 0.717) is 24.4 Å². The quantitative estimate of drug-likeness (QED) is 0.885. The van der Waals surface area contributed by atoms with Crippen LogP contribution in [0.15, 0.2) is 30.3 Å². The summed E-state index contributed by atoms with van der Waals surface area (Å²) in [5, 5.41) is 0.727. The molecule has 0 unspecified atom stereocenters. The average molecular weight is 363 g/mol. The van der Waals surface area contributed by atoms with Gasteiger partial charge >= 0.3 is 0 Å². The molecule has 126 valence electrons. The molecule has 0 atom stereocenters. The topological polar surface area (TPSA) is 63.4 Å². The van der Waals surface area contributed by atoms with Crippen LogP contribution in [0, 0.1) is 0 Å². The second-order valence-corrected chi connectivity index (χ2v) is 7.54. The zero-order chi connectivity index (χ0) is 17.1. The number of nitrogens with two attached hydrogens (primary N) is 1. The molecule has 4 nitrogen and oxygen atoms in total. The number of amides is 2. The molecule has 0 saturated carbocycles. The van der Waals surface area contributed by atoms with E-state index in [1.165, 1.54) is 21.8 Å². The highest BCUT2D eigenvalue weighted by Crippen LogP contribution is 2.28. The first-order chi connectivity index (χ1) is 11.5. The van der Waals surface area contributed by atoms with E-state index in [-0.39, 0.29) is 5.91 Å². The van der Waals surface area contributed by atoms with Crippen molar-refractivity contribution in [3.63, 3.8) is 0 Å². The fraction of sp³-hybridized carbons (Fsp3) is 0.333. The highest BCUT2D eigenvalue weighted by molar-refractivity contribution is 7.14. The lowest BCUT2D eigenvalue weighted by molar-refractivity contribution is -0.132. The molecule has 2 heterocycles. The molecule has 2 amide bonds. The number of rotatable bonds is 5. The Bertz CT molecular complexity index is 755. The maximum Gasteiger partial charge on any atom is 0.258 e. The lowest BCUT2D eigenvalue weighted by Gasteiger charge is -2.27. The van der Waals surface area contributed by atoms with Crippen LogP contribution in [0.1, 0.15) is 38.5 Å². The first-order valence-corrected chi connectivity index (χ1v) is 9.16. The summed E-state index contributed by atoms with van der Waals surface area (Å²) in [7, 11) is 0. The number of nitrogens with zero attached hydrogens (tertiary/aromatic N) is 1. The van der Waals surface area contributed by atoms with Gasteiger partial charge in [0.1, 0.15) is 0 Å². The Kier molecular flexibility index (Phi) is 5.21. The van der Waals surface area contributed by atoms with E-state index in [1.807, 2.05) is 35.2 Å². The monoisotopic (exact) mass is 362 g/mol. The standard InChI is InChI=1S/C18H19ClN2O2S/c19-14-6-4-12(5-7-14)2-1-3-17(22)21-9-8-15-13(11-21)10-16(24-15)18(20)23/h4-7,10H,1-3,8-9,11H2,(H2,20,23). The van der Waals surface area contributed by atoms with Crippen LogP contribution in [0.4, 0.5) is 0 Å². The third-order valence-corrected chi connectivity index (χ3v) is 5.74. The molecule has 6 heteroatoms. The van der Waals surface area contributed by atoms with Gasteiger partial charge in [-0.3, -0.25) is 9.59 Å². The number of fused-ring (bicyclic) bond motifs is 1. The Morgan fingerprint density at radius 3 is 2.71 bits per heavy atom. The Morgan fingerprint density at radius 2 is 2.00 bits per heavy atom. The zero-order valence-corrected chi connectivity index (χ0v) is 14.8. The summed E-state index contributed by atoms with van der Waals surface area (Å²) >= 11 is 7.32. The van der Waals surface area contributed by atoms with Crippen LogP contribution in [0.5, 0.6) is 0 Å². The molecule has 1 aliphatic heterocycles. The van der Waals surface area contributed by atoms with Crippen LogP contribution in [0.3, 0.4) is 0 Å². The summed E-state index contributed by atoms with van der Waals surface area (Å²) in [4.78, 5) is 27.3. The minimum absolute atomic E-state index is 0.168. The van der Waals surface area contributed by atoms with Gasteiger partial charge in [0.15, 0.2) is 0 Å². The predicted molar refractivity (Wildman–Crippen MR) is 96.3 cm³/mol. The van der Waals surface area contributed by atoms with Crippen molar-refractivity contribution in [2.45, 2.75) is 32.2 Å². The van der Waals surface area contributed by atoms with E-state index in [2.05, 4.69) is 0 Å². The zero-order valence-electron chi connectivity index (χ0n) is 13.3. The summed E-state index contributed by atoms with van der Waals surface area (Å²) in [6.07, 6.45) is 3.02. The summed E-state index contributed by atoms with van der Waals surface area (Å²) in [6.45, 7) is 1.30. The Balaban J connectivity index is 1.52. The summed E-state index contributed by atoms with van der Waals surface area (Å²) in [5.41, 5.74) is 7.59. The second kappa shape index (κ2) is 7.36. The molecular weight excluding hydrogens is 344 g/mol. The largest absolute Gasteiger partial charge is 0.365 e. The number of benzene rings is 1. The molecule has 2 aromatic rings. The van der Waals surface area contributed by atoms with Crippen molar-refractivity contribution >= 4 is 34.8 Å². The first kappa shape index (κ1) is 17.0. The van der Waals surface area contributed by atoms with Gasteiger partial charge in [0, 0.05) is 29.4 Å². The number of carbonyl (C=O) groups is 2. The van der Waals surface area contributed by atoms with Gasteiger partial charge in [-0.15, -0.1) is 11.3 Å². The van der Waals surface area contributed by atoms with Gasteiger partial charge in [-0.05, 0) is 48.6 Å². The molecule has 0 fully saturated rings. The predicted octanol–water partition coefficient (Wildman–Crippen LogP) is 3.41. The maximum absolute atomic E-state index is 12.4. The Labute approximate surface area is 150 Å². The Hall–Kier alpha value is -1.85. The molecule has 24 heavy (non-hydrogen) atoms. The van der Waals surface area contributed by atoms with Crippen molar-refractivity contribution in [3.05, 3.63) is 56.2 Å². The van der Waals surface area contributed by atoms with Crippen molar-refractivity contribution in [2.24, 2.45) is 5.73 Å². The van der Waals surface area contributed by atoms with E-state index in [4.69, 9.17) is 17.3 Å². The van der Waals surface area contributed by atoms with E-state index in [1.54, 1.807) is 0 Å². The van der Waals surface area contributed by atoms with Gasteiger partial charge in [0.2, 0.25) is 5.91 Å². The van der Waals surface area contributed by atoms with Crippen molar-refractivity contribution in [1.82, 2.24) is 4.90 Å². The number of halogens is 1. The molecule has 1 aromatic carbocycles. The minimum Gasteiger partial charge on any atom is -0.365 e. The van der Waals surface area contributed by atoms with Gasteiger partial charge in [0.25, 0.3) is 5.91 Å². The number of primary amides is 1. The van der Waals surface area contributed by atoms with Crippen LogP contribution in [-0.2, 0) is 24.2 Å². The minimum atomic E-state index is -0.393. The molecule has 0 bridgehead atoms. The van der Waals surface area contributed by atoms with Crippen molar-refractivity contribution in [2.75, 3.05) is 6.54 Å². The van der Waals surface area contributed by atoms with Crippen molar-refractivity contribution in [1.29, 1.82) is 0 Å². The van der Waals surface area contributed by atoms with Crippen LogP contribution in [-0.4, -0.2) is 23.3 Å². The second-order valence-electron chi connectivity index (χ2n) is 5.97. The molecule has 0 aliphatic carbocycles. The van der Waals surface area contributed by atoms with Crippen LogP contribution in [0.2, 0.25) is 5.02 Å². The van der Waals surface area contributed by atoms with E-state index < -0.39 is 5.91 Å². The highest BCUT2D eigenvalue weighted by atomic mass is 35.5. The molecule has 0 saturated heterocycles. The molecular formula is C18H19ClN2O2S.